The molecular weight excluding hydrogens is 1090 g/mol. The molecule has 464 valence electrons. The van der Waals surface area contributed by atoms with Crippen LogP contribution >= 0.6 is 0 Å². The molecule has 4 aromatic rings. The summed E-state index contributed by atoms with van der Waals surface area (Å²) >= 11 is 0. The fraction of sp³-hybridized carbons (Fsp3) is 0.543. The van der Waals surface area contributed by atoms with Crippen molar-refractivity contribution in [1.29, 1.82) is 0 Å². The molecule has 4 atom stereocenters. The van der Waals surface area contributed by atoms with E-state index in [2.05, 4.69) is 0 Å². The molecule has 2 saturated carbocycles. The van der Waals surface area contributed by atoms with Gasteiger partial charge in [-0.05, 0) is 122 Å². The van der Waals surface area contributed by atoms with Crippen LogP contribution in [0.2, 0.25) is 0 Å². The Morgan fingerprint density at radius 1 is 0.314 bits per heavy atom. The van der Waals surface area contributed by atoms with E-state index in [1.54, 1.807) is 73.4 Å². The highest BCUT2D eigenvalue weighted by molar-refractivity contribution is 5.89. The molecule has 8 bridgehead atoms. The standard InChI is InChI=1S/C70H92N4O12/c1-67(2,3)51-35-47-31-43(63(51)79)39-71-55-23-19-20-24-56(55)72-40-44-32-48(36-52(64(44)80)68(4,5)6)85-61(77)29-17-14-18-30-62(78)86-50-34-46(66(82)54(38-50)70(10,11)12)42-74-58-26-22-21-25-57(58)73-41-45-33-49(37-53(65(45)81)69(7,8)9)84-60(76)28-16-13-15-27-59(75)83-47/h31-42,55-58,79-82H,13-30H2,1-12H3/b71-39+,72-40+,73-41+,74-42+. The first-order chi connectivity index (χ1) is 40.4. The smallest absolute Gasteiger partial charge is 0.311 e. The third-order valence-corrected chi connectivity index (χ3v) is 16.1. The number of ether oxygens (including phenoxy) is 4. The number of benzene rings is 4. The first-order valence-electron chi connectivity index (χ1n) is 30.9. The van der Waals surface area contributed by atoms with Crippen LogP contribution in [0.4, 0.5) is 0 Å². The van der Waals surface area contributed by atoms with Gasteiger partial charge in [-0.1, -0.05) is 122 Å². The van der Waals surface area contributed by atoms with Crippen molar-refractivity contribution in [3.8, 4) is 46.0 Å². The number of carbonyl (C=O) groups is 4. The van der Waals surface area contributed by atoms with Crippen molar-refractivity contribution < 1.29 is 58.6 Å². The summed E-state index contributed by atoms with van der Waals surface area (Å²) in [5, 5.41) is 46.4. The van der Waals surface area contributed by atoms with Crippen LogP contribution in [-0.4, -0.2) is 93.3 Å². The summed E-state index contributed by atoms with van der Waals surface area (Å²) in [6.07, 6.45) is 16.4. The fourth-order valence-electron chi connectivity index (χ4n) is 11.2. The molecule has 3 aliphatic rings. The number of aromatic hydroxyl groups is 4. The van der Waals surface area contributed by atoms with E-state index < -0.39 is 45.5 Å². The van der Waals surface area contributed by atoms with Crippen LogP contribution < -0.4 is 18.9 Å². The molecule has 1 heterocycles. The van der Waals surface area contributed by atoms with Gasteiger partial charge >= 0.3 is 23.9 Å². The normalized spacial score (nSPS) is 22.4. The second kappa shape index (κ2) is 28.4. The van der Waals surface area contributed by atoms with E-state index in [1.165, 1.54) is 0 Å². The average molecular weight is 1180 g/mol. The minimum atomic E-state index is -0.518. The third kappa shape index (κ3) is 18.3. The van der Waals surface area contributed by atoms with Crippen molar-refractivity contribution in [2.45, 2.75) is 244 Å². The zero-order valence-corrected chi connectivity index (χ0v) is 52.8. The number of carbonyl (C=O) groups excluding carboxylic acids is 4. The third-order valence-electron chi connectivity index (χ3n) is 16.1. The molecule has 16 heteroatoms. The number of hydrogen-bond donors (Lipinski definition) is 4. The van der Waals surface area contributed by atoms with Crippen molar-refractivity contribution in [1.82, 2.24) is 0 Å². The summed E-state index contributed by atoms with van der Waals surface area (Å²) in [5.41, 5.74) is 1.83. The van der Waals surface area contributed by atoms with Crippen molar-refractivity contribution in [3.63, 3.8) is 0 Å². The van der Waals surface area contributed by atoms with E-state index in [-0.39, 0.29) is 95.8 Å². The maximum atomic E-state index is 13.4. The number of rotatable bonds is 0. The molecule has 0 saturated heterocycles. The number of esters is 4. The van der Waals surface area contributed by atoms with Crippen LogP contribution in [0, 0.1) is 0 Å². The second-order valence-electron chi connectivity index (χ2n) is 27.6. The van der Waals surface area contributed by atoms with E-state index in [9.17, 15) is 39.6 Å². The number of phenolic OH excluding ortho intramolecular Hbond substituents is 4. The molecule has 4 unspecified atom stereocenters. The van der Waals surface area contributed by atoms with E-state index >= 15 is 0 Å². The van der Waals surface area contributed by atoms with E-state index in [0.29, 0.717) is 83.0 Å². The summed E-state index contributed by atoms with van der Waals surface area (Å²) in [6, 6.07) is 12.1. The van der Waals surface area contributed by atoms with Crippen molar-refractivity contribution >= 4 is 48.7 Å². The molecule has 0 radical (unpaired) electrons. The molecular formula is C70H92N4O12. The van der Waals surface area contributed by atoms with Gasteiger partial charge in [0.15, 0.2) is 0 Å². The van der Waals surface area contributed by atoms with Gasteiger partial charge in [0.25, 0.3) is 0 Å². The Morgan fingerprint density at radius 3 is 0.698 bits per heavy atom. The summed E-state index contributed by atoms with van der Waals surface area (Å²) in [6.45, 7) is 23.5. The summed E-state index contributed by atoms with van der Waals surface area (Å²) < 4.78 is 23.6. The molecule has 0 spiro atoms. The summed E-state index contributed by atoms with van der Waals surface area (Å²) in [7, 11) is 0. The topological polar surface area (TPSA) is 236 Å². The summed E-state index contributed by atoms with van der Waals surface area (Å²) in [4.78, 5) is 73.4. The molecule has 4 aromatic carbocycles. The number of phenols is 4. The minimum absolute atomic E-state index is 0.0315. The molecule has 4 N–H and O–H groups in total. The van der Waals surface area contributed by atoms with E-state index in [0.717, 1.165) is 51.4 Å². The van der Waals surface area contributed by atoms with E-state index in [1.807, 2.05) is 83.1 Å². The lowest BCUT2D eigenvalue weighted by atomic mass is 9.85. The largest absolute Gasteiger partial charge is 0.507 e. The molecule has 0 aromatic heterocycles. The highest BCUT2D eigenvalue weighted by atomic mass is 16.5. The first-order valence-corrected chi connectivity index (χ1v) is 30.9. The Hall–Kier alpha value is -7.36. The quantitative estimate of drug-likeness (QED) is 0.0950. The molecule has 2 fully saturated rings. The lowest BCUT2D eigenvalue weighted by molar-refractivity contribution is -0.136. The van der Waals surface area contributed by atoms with Gasteiger partial charge in [-0.2, -0.15) is 0 Å². The second-order valence-corrected chi connectivity index (χ2v) is 27.6. The number of nitrogens with zero attached hydrogens (tertiary/aromatic N) is 4. The van der Waals surface area contributed by atoms with Gasteiger partial charge in [0.05, 0.1) is 24.2 Å². The SMILES string of the molecule is CC(C)(C)c1cc2cc(c1O)/C=N/C1CCCCC1/N=C/c1cc(cc(C(C)(C)C)c1O)OC(=O)CCCCCC(=O)Oc1cc(c(O)c(C(C)(C)C)c1)/C=N/C1CCCCC1/N=C/c1cc(cc(C(C)(C)C)c1O)OC(=O)CCCCCC(=O)O2. The van der Waals surface area contributed by atoms with Crippen LogP contribution in [0.15, 0.2) is 68.5 Å². The lowest BCUT2D eigenvalue weighted by Gasteiger charge is -2.26. The van der Waals surface area contributed by atoms with Crippen LogP contribution in [-0.2, 0) is 40.8 Å². The van der Waals surface area contributed by atoms with Crippen molar-refractivity contribution in [2.75, 3.05) is 0 Å². The molecule has 1 aliphatic heterocycles. The highest BCUT2D eigenvalue weighted by Gasteiger charge is 2.30. The van der Waals surface area contributed by atoms with E-state index in [4.69, 9.17) is 38.9 Å². The Morgan fingerprint density at radius 2 is 0.512 bits per heavy atom. The number of fused-ring (bicyclic) bond motifs is 10. The molecule has 2 aliphatic carbocycles. The summed E-state index contributed by atoms with van der Waals surface area (Å²) in [5.74, 6) is -0.604. The van der Waals surface area contributed by atoms with Gasteiger partial charge in [-0.15, -0.1) is 0 Å². The highest BCUT2D eigenvalue weighted by Crippen LogP contribution is 2.41. The van der Waals surface area contributed by atoms with Crippen LogP contribution in [0.5, 0.6) is 46.0 Å². The van der Waals surface area contributed by atoms with Crippen LogP contribution in [0.1, 0.15) is 243 Å². The number of aliphatic imine (C=N–C) groups is 4. The maximum Gasteiger partial charge on any atom is 0.311 e. The predicted molar refractivity (Wildman–Crippen MR) is 338 cm³/mol. The van der Waals surface area contributed by atoms with Gasteiger partial charge in [-0.25, -0.2) is 0 Å². The molecule has 86 heavy (non-hydrogen) atoms. The average Bonchev–Trinajstić information content (AvgIpc) is 2.57. The lowest BCUT2D eigenvalue weighted by Crippen LogP contribution is -2.27. The van der Waals surface area contributed by atoms with Crippen LogP contribution in [0.25, 0.3) is 0 Å². The monoisotopic (exact) mass is 1180 g/mol. The Balaban J connectivity index is 1.16. The Kier molecular flexibility index (Phi) is 21.9. The van der Waals surface area contributed by atoms with Gasteiger partial charge in [0, 0.05) is 95.0 Å². The minimum Gasteiger partial charge on any atom is -0.507 e. The van der Waals surface area contributed by atoms with Gasteiger partial charge < -0.3 is 39.4 Å². The molecule has 7 rings (SSSR count). The Bertz CT molecular complexity index is 2800. The van der Waals surface area contributed by atoms with Gasteiger partial charge in [-0.3, -0.25) is 39.1 Å². The zero-order chi connectivity index (χ0) is 62.7. The number of hydrogen-bond acceptors (Lipinski definition) is 16. The predicted octanol–water partition coefficient (Wildman–Crippen LogP) is 14.6. The molecule has 16 nitrogen and oxygen atoms in total. The molecule has 0 amide bonds. The van der Waals surface area contributed by atoms with Crippen molar-refractivity contribution in [2.24, 2.45) is 20.0 Å². The fourth-order valence-corrected chi connectivity index (χ4v) is 11.2. The van der Waals surface area contributed by atoms with Crippen LogP contribution in [0.3, 0.4) is 0 Å². The zero-order valence-electron chi connectivity index (χ0n) is 52.8. The first kappa shape index (κ1) is 66.2. The maximum absolute atomic E-state index is 13.4. The van der Waals surface area contributed by atoms with Gasteiger partial charge in [0.1, 0.15) is 46.0 Å². The van der Waals surface area contributed by atoms with Gasteiger partial charge in [0.2, 0.25) is 0 Å². The van der Waals surface area contributed by atoms with Crippen molar-refractivity contribution in [3.05, 3.63) is 93.0 Å². The Labute approximate surface area is 508 Å².